The van der Waals surface area contributed by atoms with Crippen LogP contribution in [-0.2, 0) is 0 Å². The maximum atomic E-state index is 6.08. The largest absolute Gasteiger partial charge is 0.489 e. The number of rotatable bonds is 4. The van der Waals surface area contributed by atoms with Crippen LogP contribution in [0.2, 0.25) is 0 Å². The van der Waals surface area contributed by atoms with Gasteiger partial charge >= 0.3 is 0 Å². The first-order valence-corrected chi connectivity index (χ1v) is 7.43. The molecule has 1 aliphatic rings. The Kier molecular flexibility index (Phi) is 5.08. The summed E-state index contributed by atoms with van der Waals surface area (Å²) in [5.41, 5.74) is 2.55. The highest BCUT2D eigenvalue weighted by atomic mass is 16.5. The van der Waals surface area contributed by atoms with Crippen LogP contribution in [-0.4, -0.2) is 32.3 Å². The van der Waals surface area contributed by atoms with Crippen LogP contribution >= 0.6 is 0 Å². The van der Waals surface area contributed by atoms with E-state index in [9.17, 15) is 0 Å². The van der Waals surface area contributed by atoms with Gasteiger partial charge in [0.05, 0.1) is 11.8 Å². The average molecular weight is 262 g/mol. The van der Waals surface area contributed by atoms with Gasteiger partial charge in [-0.25, -0.2) is 0 Å². The molecule has 1 fully saturated rings. The van der Waals surface area contributed by atoms with Crippen molar-refractivity contribution in [3.8, 4) is 5.75 Å². The fourth-order valence-electron chi connectivity index (χ4n) is 2.36. The van der Waals surface area contributed by atoms with Crippen molar-refractivity contribution in [2.24, 2.45) is 0 Å². The molecule has 1 saturated heterocycles. The van der Waals surface area contributed by atoms with Gasteiger partial charge < -0.3 is 15.0 Å². The molecule has 19 heavy (non-hydrogen) atoms. The Morgan fingerprint density at radius 3 is 2.95 bits per heavy atom. The molecule has 3 nitrogen and oxygen atoms in total. The summed E-state index contributed by atoms with van der Waals surface area (Å²) in [6.07, 6.45) is 2.50. The number of nitrogens with one attached hydrogen (secondary N) is 1. The first kappa shape index (κ1) is 14.2. The number of hydrogen-bond donors (Lipinski definition) is 1. The van der Waals surface area contributed by atoms with Crippen LogP contribution in [0.5, 0.6) is 5.75 Å². The van der Waals surface area contributed by atoms with Crippen LogP contribution in [0, 0.1) is 6.92 Å². The molecule has 0 amide bonds. The van der Waals surface area contributed by atoms with Crippen molar-refractivity contribution in [2.45, 2.75) is 39.7 Å². The number of benzene rings is 1. The molecule has 1 unspecified atom stereocenters. The number of anilines is 1. The van der Waals surface area contributed by atoms with Gasteiger partial charge in [0.15, 0.2) is 0 Å². The van der Waals surface area contributed by atoms with Crippen molar-refractivity contribution in [2.75, 3.05) is 31.1 Å². The van der Waals surface area contributed by atoms with Gasteiger partial charge in [0, 0.05) is 19.6 Å². The Hall–Kier alpha value is -1.22. The quantitative estimate of drug-likeness (QED) is 0.903. The molecular weight excluding hydrogens is 236 g/mol. The normalized spacial score (nSPS) is 17.9. The zero-order valence-corrected chi connectivity index (χ0v) is 12.4. The molecule has 1 heterocycles. The molecule has 1 atom stereocenters. The van der Waals surface area contributed by atoms with E-state index in [2.05, 4.69) is 49.2 Å². The minimum Gasteiger partial charge on any atom is -0.489 e. The van der Waals surface area contributed by atoms with Gasteiger partial charge in [-0.2, -0.15) is 0 Å². The van der Waals surface area contributed by atoms with Crippen LogP contribution in [0.3, 0.4) is 0 Å². The van der Waals surface area contributed by atoms with E-state index in [4.69, 9.17) is 4.74 Å². The molecule has 0 saturated carbocycles. The molecule has 1 aromatic rings. The van der Waals surface area contributed by atoms with E-state index in [-0.39, 0.29) is 6.10 Å². The Morgan fingerprint density at radius 1 is 1.32 bits per heavy atom. The lowest BCUT2D eigenvalue weighted by Gasteiger charge is -2.26. The summed E-state index contributed by atoms with van der Waals surface area (Å²) in [6.45, 7) is 10.8. The number of nitrogens with zero attached hydrogens (tertiary/aromatic N) is 1. The lowest BCUT2D eigenvalue weighted by atomic mass is 10.1. The first-order valence-electron chi connectivity index (χ1n) is 7.43. The fourth-order valence-corrected chi connectivity index (χ4v) is 2.36. The van der Waals surface area contributed by atoms with Gasteiger partial charge in [-0.05, 0) is 50.9 Å². The smallest absolute Gasteiger partial charge is 0.143 e. The summed E-state index contributed by atoms with van der Waals surface area (Å²) in [7, 11) is 0. The van der Waals surface area contributed by atoms with Gasteiger partial charge in [0.1, 0.15) is 5.75 Å². The van der Waals surface area contributed by atoms with E-state index in [1.165, 1.54) is 17.7 Å². The van der Waals surface area contributed by atoms with Gasteiger partial charge in [-0.15, -0.1) is 0 Å². The van der Waals surface area contributed by atoms with Crippen molar-refractivity contribution in [1.82, 2.24) is 5.32 Å². The van der Waals surface area contributed by atoms with E-state index in [0.29, 0.717) is 0 Å². The molecule has 106 valence electrons. The number of aryl methyl sites for hydroxylation is 1. The summed E-state index contributed by atoms with van der Waals surface area (Å²) < 4.78 is 6.08. The van der Waals surface area contributed by atoms with Crippen molar-refractivity contribution < 1.29 is 4.74 Å². The Bertz CT molecular complexity index is 398. The highest BCUT2D eigenvalue weighted by Gasteiger charge is 2.15. The Balaban J connectivity index is 2.22. The number of ether oxygens (including phenoxy) is 1. The predicted molar refractivity (Wildman–Crippen MR) is 81.3 cm³/mol. The third-order valence-corrected chi connectivity index (χ3v) is 3.70. The Morgan fingerprint density at radius 2 is 2.16 bits per heavy atom. The number of hydrogen-bond acceptors (Lipinski definition) is 3. The van der Waals surface area contributed by atoms with Crippen LogP contribution in [0.4, 0.5) is 5.69 Å². The monoisotopic (exact) mass is 262 g/mol. The lowest BCUT2D eigenvalue weighted by molar-refractivity contribution is 0.218. The van der Waals surface area contributed by atoms with Crippen molar-refractivity contribution in [3.63, 3.8) is 0 Å². The van der Waals surface area contributed by atoms with E-state index in [1.54, 1.807) is 0 Å². The first-order chi connectivity index (χ1) is 9.20. The molecule has 0 spiro atoms. The van der Waals surface area contributed by atoms with Gasteiger partial charge in [0.2, 0.25) is 0 Å². The standard InChI is InChI=1S/C16H26N2O/c1-4-14(3)19-16-7-6-13(2)12-15(16)18-10-5-8-17-9-11-18/h6-7,12,14,17H,4-5,8-11H2,1-3H3. The lowest BCUT2D eigenvalue weighted by Crippen LogP contribution is -2.28. The van der Waals surface area contributed by atoms with Crippen LogP contribution in [0.15, 0.2) is 18.2 Å². The third-order valence-electron chi connectivity index (χ3n) is 3.70. The molecule has 1 aliphatic heterocycles. The SMILES string of the molecule is CCC(C)Oc1ccc(C)cc1N1CCCNCC1. The predicted octanol–water partition coefficient (Wildman–Crippen LogP) is 2.97. The molecule has 2 rings (SSSR count). The van der Waals surface area contributed by atoms with Crippen molar-refractivity contribution in [3.05, 3.63) is 23.8 Å². The van der Waals surface area contributed by atoms with E-state index in [1.807, 2.05) is 0 Å². The van der Waals surface area contributed by atoms with E-state index < -0.39 is 0 Å². The summed E-state index contributed by atoms with van der Waals surface area (Å²) in [4.78, 5) is 2.45. The second kappa shape index (κ2) is 6.80. The average Bonchev–Trinajstić information content (AvgIpc) is 2.69. The highest BCUT2D eigenvalue weighted by molar-refractivity contribution is 5.60. The van der Waals surface area contributed by atoms with Crippen LogP contribution in [0.25, 0.3) is 0 Å². The zero-order valence-electron chi connectivity index (χ0n) is 12.4. The summed E-state index contributed by atoms with van der Waals surface area (Å²) in [5, 5.41) is 3.45. The molecule has 0 radical (unpaired) electrons. The third kappa shape index (κ3) is 3.87. The fraction of sp³-hybridized carbons (Fsp3) is 0.625. The molecule has 0 aromatic heterocycles. The van der Waals surface area contributed by atoms with Crippen molar-refractivity contribution >= 4 is 5.69 Å². The summed E-state index contributed by atoms with van der Waals surface area (Å²) in [5.74, 6) is 1.03. The van der Waals surface area contributed by atoms with E-state index >= 15 is 0 Å². The molecule has 1 N–H and O–H groups in total. The minimum absolute atomic E-state index is 0.270. The second-order valence-electron chi connectivity index (χ2n) is 5.40. The highest BCUT2D eigenvalue weighted by Crippen LogP contribution is 2.31. The summed E-state index contributed by atoms with van der Waals surface area (Å²) >= 11 is 0. The molecular formula is C16H26N2O. The van der Waals surface area contributed by atoms with E-state index in [0.717, 1.165) is 38.3 Å². The van der Waals surface area contributed by atoms with Crippen molar-refractivity contribution in [1.29, 1.82) is 0 Å². The minimum atomic E-state index is 0.270. The molecule has 1 aromatic carbocycles. The summed E-state index contributed by atoms with van der Waals surface area (Å²) in [6, 6.07) is 6.51. The second-order valence-corrected chi connectivity index (χ2v) is 5.40. The topological polar surface area (TPSA) is 24.5 Å². The zero-order chi connectivity index (χ0) is 13.7. The maximum absolute atomic E-state index is 6.08. The van der Waals surface area contributed by atoms with Gasteiger partial charge in [0.25, 0.3) is 0 Å². The van der Waals surface area contributed by atoms with Gasteiger partial charge in [-0.3, -0.25) is 0 Å². The van der Waals surface area contributed by atoms with Crippen LogP contribution in [0.1, 0.15) is 32.3 Å². The maximum Gasteiger partial charge on any atom is 0.143 e. The molecule has 0 bridgehead atoms. The van der Waals surface area contributed by atoms with Crippen LogP contribution < -0.4 is 15.0 Å². The van der Waals surface area contributed by atoms with Gasteiger partial charge in [-0.1, -0.05) is 13.0 Å². The molecule has 3 heteroatoms. The molecule has 0 aliphatic carbocycles. The Labute approximate surface area is 116 Å².